The molecule has 0 atom stereocenters. The summed E-state index contributed by atoms with van der Waals surface area (Å²) < 4.78 is 1.36. The first-order chi connectivity index (χ1) is 7.88. The van der Waals surface area contributed by atoms with Crippen molar-refractivity contribution in [2.24, 2.45) is 0 Å². The molecule has 1 N–H and O–H groups in total. The molecular weight excluding hydrogens is 236 g/mol. The number of thiophene rings is 1. The highest BCUT2D eigenvalue weighted by Gasteiger charge is 1.99. The molecule has 0 spiro atoms. The summed E-state index contributed by atoms with van der Waals surface area (Å²) in [7, 11) is 0. The van der Waals surface area contributed by atoms with Crippen LogP contribution in [-0.2, 0) is 5.75 Å². The second-order valence-corrected chi connectivity index (χ2v) is 5.52. The number of rotatable bonds is 5. The van der Waals surface area contributed by atoms with Gasteiger partial charge in [0.1, 0.15) is 5.82 Å². The molecule has 4 heteroatoms. The van der Waals surface area contributed by atoms with Crippen LogP contribution in [0.5, 0.6) is 0 Å². The van der Waals surface area contributed by atoms with Gasteiger partial charge in [-0.1, -0.05) is 6.07 Å². The van der Waals surface area contributed by atoms with Gasteiger partial charge in [0.15, 0.2) is 0 Å². The van der Waals surface area contributed by atoms with Crippen molar-refractivity contribution >= 4 is 28.9 Å². The third kappa shape index (κ3) is 3.25. The molecule has 0 amide bonds. The fourth-order valence-corrected chi connectivity index (χ4v) is 3.07. The zero-order chi connectivity index (χ0) is 11.2. The van der Waals surface area contributed by atoms with E-state index in [2.05, 4.69) is 46.9 Å². The molecule has 2 rings (SSSR count). The number of hydrogen-bond acceptors (Lipinski definition) is 4. The molecule has 2 heterocycles. The molecule has 2 nitrogen and oxygen atoms in total. The second-order valence-electron chi connectivity index (χ2n) is 3.30. The first-order valence-electron chi connectivity index (χ1n) is 5.23. The predicted molar refractivity (Wildman–Crippen MR) is 72.3 cm³/mol. The number of nitrogens with zero attached hydrogens (tertiary/aromatic N) is 1. The fourth-order valence-electron chi connectivity index (χ4n) is 1.34. The van der Waals surface area contributed by atoms with Gasteiger partial charge in [0, 0.05) is 18.5 Å². The number of thioether (sulfide) groups is 1. The third-order valence-electron chi connectivity index (χ3n) is 2.06. The van der Waals surface area contributed by atoms with E-state index in [0.717, 1.165) is 18.1 Å². The average molecular weight is 250 g/mol. The van der Waals surface area contributed by atoms with Crippen LogP contribution in [0.4, 0.5) is 5.82 Å². The molecule has 0 aromatic carbocycles. The Bertz CT molecular complexity index is 426. The summed E-state index contributed by atoms with van der Waals surface area (Å²) in [5.74, 6) is 1.97. The van der Waals surface area contributed by atoms with E-state index in [4.69, 9.17) is 0 Å². The SMILES string of the molecule is CCNc1cc(CSc2cccs2)ccn1. The van der Waals surface area contributed by atoms with E-state index in [0.29, 0.717) is 0 Å². The standard InChI is InChI=1S/C12H14N2S2/c1-2-13-11-8-10(5-6-14-11)9-16-12-4-3-7-15-12/h3-8H,2,9H2,1H3,(H,13,14). The lowest BCUT2D eigenvalue weighted by Gasteiger charge is -2.04. The number of nitrogens with one attached hydrogen (secondary N) is 1. The van der Waals surface area contributed by atoms with E-state index in [1.54, 1.807) is 11.3 Å². The molecule has 0 aliphatic rings. The summed E-state index contributed by atoms with van der Waals surface area (Å²) in [4.78, 5) is 4.26. The first-order valence-corrected chi connectivity index (χ1v) is 7.10. The van der Waals surface area contributed by atoms with Gasteiger partial charge in [-0.15, -0.1) is 23.1 Å². The van der Waals surface area contributed by atoms with Crippen LogP contribution in [0, 0.1) is 0 Å². The highest BCUT2D eigenvalue weighted by Crippen LogP contribution is 2.27. The lowest BCUT2D eigenvalue weighted by Crippen LogP contribution is -1.99. The van der Waals surface area contributed by atoms with Crippen LogP contribution >= 0.6 is 23.1 Å². The Hall–Kier alpha value is -1.00. The maximum atomic E-state index is 4.26. The summed E-state index contributed by atoms with van der Waals surface area (Å²) >= 11 is 3.66. The van der Waals surface area contributed by atoms with Crippen LogP contribution in [0.15, 0.2) is 40.1 Å². The topological polar surface area (TPSA) is 24.9 Å². The van der Waals surface area contributed by atoms with Gasteiger partial charge < -0.3 is 5.32 Å². The van der Waals surface area contributed by atoms with Gasteiger partial charge in [-0.25, -0.2) is 4.98 Å². The lowest BCUT2D eigenvalue weighted by atomic mass is 10.3. The van der Waals surface area contributed by atoms with Crippen molar-refractivity contribution in [3.8, 4) is 0 Å². The van der Waals surface area contributed by atoms with E-state index < -0.39 is 0 Å². The molecule has 0 saturated carbocycles. The van der Waals surface area contributed by atoms with Gasteiger partial charge in [-0.05, 0) is 36.1 Å². The van der Waals surface area contributed by atoms with E-state index >= 15 is 0 Å². The van der Waals surface area contributed by atoms with Crippen molar-refractivity contribution in [2.75, 3.05) is 11.9 Å². The highest BCUT2D eigenvalue weighted by molar-refractivity contribution is 8.00. The van der Waals surface area contributed by atoms with Crippen LogP contribution in [0.25, 0.3) is 0 Å². The maximum absolute atomic E-state index is 4.26. The Morgan fingerprint density at radius 3 is 3.12 bits per heavy atom. The van der Waals surface area contributed by atoms with E-state index in [9.17, 15) is 0 Å². The van der Waals surface area contributed by atoms with Gasteiger partial charge in [-0.3, -0.25) is 0 Å². The second kappa shape index (κ2) is 5.92. The Balaban J connectivity index is 1.96. The maximum Gasteiger partial charge on any atom is 0.126 e. The molecular formula is C12H14N2S2. The zero-order valence-electron chi connectivity index (χ0n) is 9.14. The van der Waals surface area contributed by atoms with Crippen molar-refractivity contribution in [3.63, 3.8) is 0 Å². The minimum absolute atomic E-state index is 0.911. The zero-order valence-corrected chi connectivity index (χ0v) is 10.8. The van der Waals surface area contributed by atoms with Crippen LogP contribution in [0.3, 0.4) is 0 Å². The van der Waals surface area contributed by atoms with Crippen molar-refractivity contribution in [1.29, 1.82) is 0 Å². The van der Waals surface area contributed by atoms with Crippen molar-refractivity contribution < 1.29 is 0 Å². The predicted octanol–water partition coefficient (Wildman–Crippen LogP) is 3.87. The van der Waals surface area contributed by atoms with Gasteiger partial charge in [0.25, 0.3) is 0 Å². The van der Waals surface area contributed by atoms with Crippen molar-refractivity contribution in [2.45, 2.75) is 16.9 Å². The minimum Gasteiger partial charge on any atom is -0.370 e. The van der Waals surface area contributed by atoms with Gasteiger partial charge in [0.2, 0.25) is 0 Å². The van der Waals surface area contributed by atoms with Crippen LogP contribution in [0.2, 0.25) is 0 Å². The summed E-state index contributed by atoms with van der Waals surface area (Å²) in [6.07, 6.45) is 1.86. The average Bonchev–Trinajstić information content (AvgIpc) is 2.80. The fraction of sp³-hybridized carbons (Fsp3) is 0.250. The molecule has 0 aliphatic heterocycles. The smallest absolute Gasteiger partial charge is 0.126 e. The summed E-state index contributed by atoms with van der Waals surface area (Å²) in [6.45, 7) is 2.99. The Morgan fingerprint density at radius 1 is 1.44 bits per heavy atom. The molecule has 0 unspecified atom stereocenters. The largest absolute Gasteiger partial charge is 0.370 e. The number of aromatic nitrogens is 1. The van der Waals surface area contributed by atoms with E-state index in [1.807, 2.05) is 18.0 Å². The summed E-state index contributed by atoms with van der Waals surface area (Å²) in [6, 6.07) is 8.43. The van der Waals surface area contributed by atoms with Crippen molar-refractivity contribution in [1.82, 2.24) is 4.98 Å². The Morgan fingerprint density at radius 2 is 2.38 bits per heavy atom. The lowest BCUT2D eigenvalue weighted by molar-refractivity contribution is 1.15. The summed E-state index contributed by atoms with van der Waals surface area (Å²) in [5, 5.41) is 5.33. The molecule has 84 valence electrons. The van der Waals surface area contributed by atoms with Crippen LogP contribution in [-0.4, -0.2) is 11.5 Å². The molecule has 2 aromatic heterocycles. The number of hydrogen-bond donors (Lipinski definition) is 1. The van der Waals surface area contributed by atoms with E-state index in [-0.39, 0.29) is 0 Å². The molecule has 2 aromatic rings. The first kappa shape index (κ1) is 11.5. The quantitative estimate of drug-likeness (QED) is 0.815. The van der Waals surface area contributed by atoms with Gasteiger partial charge in [0.05, 0.1) is 4.21 Å². The molecule has 16 heavy (non-hydrogen) atoms. The third-order valence-corrected chi connectivity index (χ3v) is 4.26. The normalized spacial score (nSPS) is 10.3. The Kier molecular flexibility index (Phi) is 4.25. The number of pyridine rings is 1. The molecule has 0 fully saturated rings. The molecule has 0 bridgehead atoms. The molecule has 0 radical (unpaired) electrons. The summed E-state index contributed by atoms with van der Waals surface area (Å²) in [5.41, 5.74) is 1.31. The number of anilines is 1. The molecule has 0 saturated heterocycles. The van der Waals surface area contributed by atoms with E-state index in [1.165, 1.54) is 9.77 Å². The minimum atomic E-state index is 0.911. The molecule has 0 aliphatic carbocycles. The van der Waals surface area contributed by atoms with Gasteiger partial charge in [-0.2, -0.15) is 0 Å². The highest BCUT2D eigenvalue weighted by atomic mass is 32.2. The van der Waals surface area contributed by atoms with Gasteiger partial charge >= 0.3 is 0 Å². The van der Waals surface area contributed by atoms with Crippen molar-refractivity contribution in [3.05, 3.63) is 41.4 Å². The monoisotopic (exact) mass is 250 g/mol. The Labute approximate surface area is 104 Å². The van der Waals surface area contributed by atoms with Crippen LogP contribution in [0.1, 0.15) is 12.5 Å². The van der Waals surface area contributed by atoms with Crippen LogP contribution < -0.4 is 5.32 Å².